The molecule has 2 rings (SSSR count). The lowest BCUT2D eigenvalue weighted by Crippen LogP contribution is -2.42. The number of thioether (sulfide) groups is 1. The van der Waals surface area contributed by atoms with E-state index in [0.717, 1.165) is 12.8 Å². The molecule has 1 aliphatic rings. The van der Waals surface area contributed by atoms with Gasteiger partial charge in [-0.25, -0.2) is 9.48 Å². The van der Waals surface area contributed by atoms with E-state index in [4.69, 9.17) is 5.11 Å². The quantitative estimate of drug-likeness (QED) is 0.680. The van der Waals surface area contributed by atoms with E-state index in [-0.39, 0.29) is 17.6 Å². The van der Waals surface area contributed by atoms with Crippen LogP contribution in [0.15, 0.2) is 5.16 Å². The zero-order valence-electron chi connectivity index (χ0n) is 12.0. The fourth-order valence-electron chi connectivity index (χ4n) is 1.89. The Morgan fingerprint density at radius 3 is 2.76 bits per heavy atom. The Balaban J connectivity index is 1.83. The monoisotopic (exact) mass is 313 g/mol. The van der Waals surface area contributed by atoms with E-state index >= 15 is 0 Å². The number of hydrogen-bond donors (Lipinski definition) is 2. The Bertz CT molecular complexity index is 515. The molecule has 2 N–H and O–H groups in total. The third kappa shape index (κ3) is 4.69. The molecule has 21 heavy (non-hydrogen) atoms. The van der Waals surface area contributed by atoms with Gasteiger partial charge in [0.15, 0.2) is 0 Å². The van der Waals surface area contributed by atoms with Gasteiger partial charge in [0.1, 0.15) is 6.04 Å². The summed E-state index contributed by atoms with van der Waals surface area (Å²) in [5, 5.41) is 23.6. The average Bonchev–Trinajstić information content (AvgIpc) is 3.14. The number of carbonyl (C=O) groups excluding carboxylic acids is 1. The first-order valence-corrected chi connectivity index (χ1v) is 7.88. The van der Waals surface area contributed by atoms with Gasteiger partial charge < -0.3 is 10.4 Å². The van der Waals surface area contributed by atoms with Crippen molar-refractivity contribution in [3.05, 3.63) is 0 Å². The zero-order chi connectivity index (χ0) is 15.4. The molecule has 1 atom stereocenters. The predicted octanol–water partition coefficient (Wildman–Crippen LogP) is 0.716. The maximum atomic E-state index is 11.9. The third-order valence-corrected chi connectivity index (χ3v) is 3.96. The summed E-state index contributed by atoms with van der Waals surface area (Å²) in [4.78, 5) is 23.0. The highest BCUT2D eigenvalue weighted by Gasteiger charge is 2.28. The first-order valence-electron chi connectivity index (χ1n) is 6.90. The van der Waals surface area contributed by atoms with Crippen molar-refractivity contribution in [3.63, 3.8) is 0 Å². The van der Waals surface area contributed by atoms with Crippen LogP contribution in [0.5, 0.6) is 0 Å². The second-order valence-corrected chi connectivity index (χ2v) is 6.46. The molecule has 0 bridgehead atoms. The molecule has 1 fully saturated rings. The number of nitrogens with one attached hydrogen (secondary N) is 1. The highest BCUT2D eigenvalue weighted by molar-refractivity contribution is 7.99. The van der Waals surface area contributed by atoms with Crippen LogP contribution in [0.4, 0.5) is 0 Å². The number of hydrogen-bond acceptors (Lipinski definition) is 6. The Hall–Kier alpha value is -1.64. The number of aliphatic carboxylic acids is 1. The second kappa shape index (κ2) is 6.88. The zero-order valence-corrected chi connectivity index (χ0v) is 12.8. The van der Waals surface area contributed by atoms with Gasteiger partial charge in [0.05, 0.1) is 11.8 Å². The summed E-state index contributed by atoms with van der Waals surface area (Å²) in [7, 11) is 0. The largest absolute Gasteiger partial charge is 0.480 e. The molecule has 1 heterocycles. The van der Waals surface area contributed by atoms with Gasteiger partial charge in [-0.05, 0) is 35.6 Å². The second-order valence-electron chi connectivity index (χ2n) is 5.51. The van der Waals surface area contributed by atoms with Crippen LogP contribution < -0.4 is 5.32 Å². The van der Waals surface area contributed by atoms with E-state index in [1.165, 1.54) is 11.8 Å². The summed E-state index contributed by atoms with van der Waals surface area (Å²) >= 11 is 1.22. The van der Waals surface area contributed by atoms with Gasteiger partial charge in [0.25, 0.3) is 0 Å². The van der Waals surface area contributed by atoms with Crippen molar-refractivity contribution < 1.29 is 14.7 Å². The number of aromatic nitrogens is 4. The Labute approximate surface area is 126 Å². The topological polar surface area (TPSA) is 110 Å². The minimum absolute atomic E-state index is 0.106. The molecule has 8 nitrogen and oxygen atoms in total. The van der Waals surface area contributed by atoms with Crippen LogP contribution in [-0.4, -0.2) is 49.0 Å². The van der Waals surface area contributed by atoms with Crippen molar-refractivity contribution in [1.29, 1.82) is 0 Å². The molecule has 1 aliphatic carbocycles. The van der Waals surface area contributed by atoms with Crippen LogP contribution in [0, 0.1) is 5.92 Å². The summed E-state index contributed by atoms with van der Waals surface area (Å²) < 4.78 is 1.72. The van der Waals surface area contributed by atoms with Crippen molar-refractivity contribution in [3.8, 4) is 0 Å². The number of tetrazole rings is 1. The molecule has 0 radical (unpaired) electrons. The normalized spacial score (nSPS) is 16.0. The van der Waals surface area contributed by atoms with Crippen LogP contribution in [0.3, 0.4) is 0 Å². The van der Waals surface area contributed by atoms with Crippen LogP contribution in [0.1, 0.15) is 39.2 Å². The van der Waals surface area contributed by atoms with E-state index in [9.17, 15) is 9.59 Å². The molecule has 1 amide bonds. The minimum atomic E-state index is -1.01. The number of carboxylic acid groups (broad SMARTS) is 1. The fourth-order valence-corrected chi connectivity index (χ4v) is 2.64. The van der Waals surface area contributed by atoms with Crippen molar-refractivity contribution in [2.24, 2.45) is 5.92 Å². The van der Waals surface area contributed by atoms with Gasteiger partial charge in [0.2, 0.25) is 11.1 Å². The Morgan fingerprint density at radius 2 is 2.19 bits per heavy atom. The van der Waals surface area contributed by atoms with Crippen LogP contribution in [0.25, 0.3) is 0 Å². The average molecular weight is 313 g/mol. The van der Waals surface area contributed by atoms with E-state index in [0.29, 0.717) is 17.6 Å². The van der Waals surface area contributed by atoms with Gasteiger partial charge >= 0.3 is 5.97 Å². The first kappa shape index (κ1) is 15.7. The summed E-state index contributed by atoms with van der Waals surface area (Å²) in [6, 6.07) is -0.504. The summed E-state index contributed by atoms with van der Waals surface area (Å²) in [6.45, 7) is 3.83. The lowest BCUT2D eigenvalue weighted by molar-refractivity contribution is -0.141. The van der Waals surface area contributed by atoms with E-state index < -0.39 is 12.0 Å². The van der Waals surface area contributed by atoms with Crippen LogP contribution >= 0.6 is 11.8 Å². The molecule has 1 saturated carbocycles. The van der Waals surface area contributed by atoms with Crippen molar-refractivity contribution in [2.75, 3.05) is 5.75 Å². The van der Waals surface area contributed by atoms with Gasteiger partial charge in [-0.1, -0.05) is 25.6 Å². The number of carboxylic acids is 1. The number of nitrogens with zero attached hydrogens (tertiary/aromatic N) is 4. The number of amides is 1. The Morgan fingerprint density at radius 1 is 1.48 bits per heavy atom. The fraction of sp³-hybridized carbons (Fsp3) is 0.750. The summed E-state index contributed by atoms with van der Waals surface area (Å²) in [5.41, 5.74) is 0. The molecular weight excluding hydrogens is 294 g/mol. The molecule has 1 unspecified atom stereocenters. The highest BCUT2D eigenvalue weighted by Crippen LogP contribution is 2.36. The summed E-state index contributed by atoms with van der Waals surface area (Å²) in [5.74, 6) is -1.03. The van der Waals surface area contributed by atoms with Crippen molar-refractivity contribution in [2.45, 2.75) is 50.4 Å². The van der Waals surface area contributed by atoms with Crippen LogP contribution in [-0.2, 0) is 9.59 Å². The minimum Gasteiger partial charge on any atom is -0.480 e. The molecule has 0 aliphatic heterocycles. The Kier molecular flexibility index (Phi) is 5.16. The molecule has 1 aromatic heterocycles. The van der Waals surface area contributed by atoms with Crippen molar-refractivity contribution >= 4 is 23.6 Å². The van der Waals surface area contributed by atoms with Gasteiger partial charge in [-0.3, -0.25) is 4.79 Å². The van der Waals surface area contributed by atoms with Crippen molar-refractivity contribution in [1.82, 2.24) is 25.5 Å². The van der Waals surface area contributed by atoms with E-state index in [2.05, 4.69) is 20.8 Å². The third-order valence-electron chi connectivity index (χ3n) is 3.03. The van der Waals surface area contributed by atoms with E-state index in [1.54, 1.807) is 4.68 Å². The summed E-state index contributed by atoms with van der Waals surface area (Å²) in [6.07, 6.45) is 2.52. The molecule has 0 saturated heterocycles. The maximum absolute atomic E-state index is 11.9. The molecular formula is C12H19N5O3S. The number of carbonyl (C=O) groups is 2. The van der Waals surface area contributed by atoms with E-state index in [1.807, 2.05) is 13.8 Å². The van der Waals surface area contributed by atoms with Crippen LogP contribution in [0.2, 0.25) is 0 Å². The molecule has 116 valence electrons. The molecule has 1 aromatic rings. The van der Waals surface area contributed by atoms with Gasteiger partial charge in [0, 0.05) is 0 Å². The predicted molar refractivity (Wildman–Crippen MR) is 75.8 cm³/mol. The smallest absolute Gasteiger partial charge is 0.326 e. The maximum Gasteiger partial charge on any atom is 0.326 e. The molecule has 0 aromatic carbocycles. The number of rotatable bonds is 8. The highest BCUT2D eigenvalue weighted by atomic mass is 32.2. The van der Waals surface area contributed by atoms with Gasteiger partial charge in [-0.2, -0.15) is 0 Å². The lowest BCUT2D eigenvalue weighted by Gasteiger charge is -2.16. The standard InChI is InChI=1S/C12H19N5O3S/c1-7(2)5-9(11(19)20)13-10(18)6-21-12-14-15-16-17(12)8-3-4-8/h7-9H,3-6H2,1-2H3,(H,13,18)(H,19,20). The van der Waals surface area contributed by atoms with Gasteiger partial charge in [-0.15, -0.1) is 5.10 Å². The SMILES string of the molecule is CC(C)CC(NC(=O)CSc1nnnn1C1CC1)C(=O)O. The lowest BCUT2D eigenvalue weighted by atomic mass is 10.0. The molecule has 9 heteroatoms. The first-order chi connectivity index (χ1) is 9.97. The molecule has 0 spiro atoms.